The van der Waals surface area contributed by atoms with Gasteiger partial charge in [0.05, 0.1) is 42.2 Å². The Hall–Kier alpha value is -2.35. The molecule has 0 atom stereocenters. The molecular weight excluding hydrogens is 429 g/mol. The lowest BCUT2D eigenvalue weighted by molar-refractivity contribution is -0.117. The number of ether oxygens (including phenoxy) is 1. The summed E-state index contributed by atoms with van der Waals surface area (Å²) in [6.45, 7) is 5.96. The molecule has 0 bridgehead atoms. The van der Waals surface area contributed by atoms with E-state index in [4.69, 9.17) is 27.9 Å². The molecule has 9 heteroatoms. The standard InChI is InChI=1S/C21H25Cl2N3O4/c1-5-8-26(11-18(28)25-16-7-6-14(22)9-15(16)23)10-17(27)20-12(2)19(13(3)24-20)21(29)30-4/h6-7,9,24H,5,8,10-11H2,1-4H3,(H,25,28). The number of Topliss-reactive ketones (excluding diaryl/α,β-unsaturated/α-hetero) is 1. The van der Waals surface area contributed by atoms with Gasteiger partial charge in [0.25, 0.3) is 0 Å². The number of esters is 1. The molecular formula is C21H25Cl2N3O4. The van der Waals surface area contributed by atoms with E-state index in [9.17, 15) is 14.4 Å². The van der Waals surface area contributed by atoms with E-state index < -0.39 is 5.97 Å². The van der Waals surface area contributed by atoms with Gasteiger partial charge in [0, 0.05) is 10.7 Å². The summed E-state index contributed by atoms with van der Waals surface area (Å²) in [4.78, 5) is 42.0. The third-order valence-electron chi connectivity index (χ3n) is 4.59. The fourth-order valence-electron chi connectivity index (χ4n) is 3.23. The maximum absolute atomic E-state index is 12.9. The van der Waals surface area contributed by atoms with Crippen LogP contribution in [0.3, 0.4) is 0 Å². The number of carbonyl (C=O) groups is 3. The quantitative estimate of drug-likeness (QED) is 0.437. The molecule has 0 aliphatic carbocycles. The van der Waals surface area contributed by atoms with Crippen LogP contribution >= 0.6 is 23.2 Å². The van der Waals surface area contributed by atoms with E-state index in [2.05, 4.69) is 10.3 Å². The summed E-state index contributed by atoms with van der Waals surface area (Å²) in [5.41, 5.74) is 2.26. The van der Waals surface area contributed by atoms with Crippen LogP contribution in [-0.4, -0.2) is 54.3 Å². The van der Waals surface area contributed by atoms with Crippen LogP contribution < -0.4 is 5.32 Å². The number of hydrogen-bond acceptors (Lipinski definition) is 5. The number of amides is 1. The average Bonchev–Trinajstić information content (AvgIpc) is 2.98. The van der Waals surface area contributed by atoms with E-state index in [1.54, 1.807) is 36.9 Å². The number of methoxy groups -OCH3 is 1. The molecule has 2 N–H and O–H groups in total. The minimum absolute atomic E-state index is 0.0150. The number of rotatable bonds is 9. The summed E-state index contributed by atoms with van der Waals surface area (Å²) < 4.78 is 4.78. The highest BCUT2D eigenvalue weighted by atomic mass is 35.5. The van der Waals surface area contributed by atoms with Crippen molar-refractivity contribution in [3.05, 3.63) is 50.8 Å². The van der Waals surface area contributed by atoms with Crippen molar-refractivity contribution < 1.29 is 19.1 Å². The van der Waals surface area contributed by atoms with E-state index in [1.807, 2.05) is 6.92 Å². The monoisotopic (exact) mass is 453 g/mol. The Morgan fingerprint density at radius 3 is 2.47 bits per heavy atom. The van der Waals surface area contributed by atoms with Gasteiger partial charge in [0.1, 0.15) is 0 Å². The highest BCUT2D eigenvalue weighted by Gasteiger charge is 2.24. The molecule has 2 rings (SSSR count). The van der Waals surface area contributed by atoms with Crippen molar-refractivity contribution >= 4 is 46.5 Å². The Bertz CT molecular complexity index is 956. The molecule has 0 aliphatic rings. The second-order valence-corrected chi connectivity index (χ2v) is 7.77. The highest BCUT2D eigenvalue weighted by molar-refractivity contribution is 6.36. The van der Waals surface area contributed by atoms with Crippen molar-refractivity contribution in [1.29, 1.82) is 0 Å². The van der Waals surface area contributed by atoms with Crippen molar-refractivity contribution in [3.63, 3.8) is 0 Å². The van der Waals surface area contributed by atoms with Gasteiger partial charge in [-0.15, -0.1) is 0 Å². The Kier molecular flexibility index (Phi) is 8.46. The molecule has 1 amide bonds. The number of H-pyrrole nitrogens is 1. The number of carbonyl (C=O) groups excluding carboxylic acids is 3. The normalized spacial score (nSPS) is 10.9. The molecule has 0 saturated heterocycles. The Labute approximate surface area is 185 Å². The van der Waals surface area contributed by atoms with Gasteiger partial charge in [0.15, 0.2) is 5.78 Å². The van der Waals surface area contributed by atoms with Crippen molar-refractivity contribution in [2.75, 3.05) is 32.1 Å². The van der Waals surface area contributed by atoms with Crippen LogP contribution in [0, 0.1) is 13.8 Å². The number of benzene rings is 1. The van der Waals surface area contributed by atoms with Gasteiger partial charge in [-0.05, 0) is 50.6 Å². The van der Waals surface area contributed by atoms with Crippen molar-refractivity contribution in [3.8, 4) is 0 Å². The zero-order valence-corrected chi connectivity index (χ0v) is 18.9. The summed E-state index contributed by atoms with van der Waals surface area (Å²) in [5.74, 6) is -1.00. The molecule has 0 fully saturated rings. The van der Waals surface area contributed by atoms with Gasteiger partial charge in [-0.3, -0.25) is 14.5 Å². The molecule has 1 aromatic heterocycles. The number of nitrogens with zero attached hydrogens (tertiary/aromatic N) is 1. The van der Waals surface area contributed by atoms with Gasteiger partial charge in [-0.1, -0.05) is 30.1 Å². The topological polar surface area (TPSA) is 91.5 Å². The third-order valence-corrected chi connectivity index (χ3v) is 5.13. The lowest BCUT2D eigenvalue weighted by Gasteiger charge is -2.20. The number of aryl methyl sites for hydroxylation is 1. The Morgan fingerprint density at radius 1 is 1.17 bits per heavy atom. The van der Waals surface area contributed by atoms with Crippen molar-refractivity contribution in [2.24, 2.45) is 0 Å². The fourth-order valence-corrected chi connectivity index (χ4v) is 3.69. The van der Waals surface area contributed by atoms with Crippen LogP contribution in [-0.2, 0) is 9.53 Å². The zero-order chi connectivity index (χ0) is 22.4. The summed E-state index contributed by atoms with van der Waals surface area (Å²) in [7, 11) is 1.30. The van der Waals surface area contributed by atoms with E-state index in [0.29, 0.717) is 44.8 Å². The summed E-state index contributed by atoms with van der Waals surface area (Å²) in [6, 6.07) is 4.80. The number of ketones is 1. The summed E-state index contributed by atoms with van der Waals surface area (Å²) >= 11 is 12.0. The predicted molar refractivity (Wildman–Crippen MR) is 118 cm³/mol. The van der Waals surface area contributed by atoms with Gasteiger partial charge < -0.3 is 15.0 Å². The van der Waals surface area contributed by atoms with Crippen LogP contribution in [0.1, 0.15) is 45.4 Å². The van der Waals surface area contributed by atoms with Crippen LogP contribution in [0.5, 0.6) is 0 Å². The first kappa shape index (κ1) is 23.9. The summed E-state index contributed by atoms with van der Waals surface area (Å²) in [6.07, 6.45) is 0.762. The molecule has 0 spiro atoms. The predicted octanol–water partition coefficient (Wildman–Crippen LogP) is 4.26. The molecule has 1 heterocycles. The SMILES string of the molecule is CCCN(CC(=O)Nc1ccc(Cl)cc1Cl)CC(=O)c1[nH]c(C)c(C(=O)OC)c1C. The fraction of sp³-hybridized carbons (Fsp3) is 0.381. The highest BCUT2D eigenvalue weighted by Crippen LogP contribution is 2.25. The number of nitrogens with one attached hydrogen (secondary N) is 2. The van der Waals surface area contributed by atoms with Gasteiger partial charge in [0.2, 0.25) is 5.91 Å². The van der Waals surface area contributed by atoms with Gasteiger partial charge in [-0.25, -0.2) is 4.79 Å². The van der Waals surface area contributed by atoms with E-state index in [0.717, 1.165) is 6.42 Å². The maximum Gasteiger partial charge on any atom is 0.339 e. The third kappa shape index (κ3) is 5.84. The summed E-state index contributed by atoms with van der Waals surface area (Å²) in [5, 5.41) is 3.54. The number of halogens is 2. The van der Waals surface area contributed by atoms with Crippen molar-refractivity contribution in [2.45, 2.75) is 27.2 Å². The smallest absolute Gasteiger partial charge is 0.339 e. The number of aromatic nitrogens is 1. The van der Waals surface area contributed by atoms with Gasteiger partial charge in [-0.2, -0.15) is 0 Å². The minimum Gasteiger partial charge on any atom is -0.465 e. The first-order chi connectivity index (χ1) is 14.2. The van der Waals surface area contributed by atoms with Crippen molar-refractivity contribution in [1.82, 2.24) is 9.88 Å². The number of hydrogen-bond donors (Lipinski definition) is 2. The second kappa shape index (κ2) is 10.6. The molecule has 0 aliphatic heterocycles. The molecule has 0 unspecified atom stereocenters. The molecule has 1 aromatic carbocycles. The van der Waals surface area contributed by atoms with Crippen LogP contribution in [0.15, 0.2) is 18.2 Å². The molecule has 162 valence electrons. The second-order valence-electron chi connectivity index (χ2n) is 6.92. The van der Waals surface area contributed by atoms with Crippen LogP contribution in [0.4, 0.5) is 5.69 Å². The lowest BCUT2D eigenvalue weighted by Crippen LogP contribution is -2.37. The minimum atomic E-state index is -0.495. The van der Waals surface area contributed by atoms with E-state index in [-0.39, 0.29) is 24.8 Å². The first-order valence-corrected chi connectivity index (χ1v) is 10.2. The largest absolute Gasteiger partial charge is 0.465 e. The molecule has 7 nitrogen and oxygen atoms in total. The van der Waals surface area contributed by atoms with E-state index >= 15 is 0 Å². The molecule has 30 heavy (non-hydrogen) atoms. The first-order valence-electron chi connectivity index (χ1n) is 9.45. The number of aromatic amines is 1. The Morgan fingerprint density at radius 2 is 1.87 bits per heavy atom. The number of anilines is 1. The molecule has 2 aromatic rings. The molecule has 0 saturated carbocycles. The van der Waals surface area contributed by atoms with Gasteiger partial charge >= 0.3 is 5.97 Å². The maximum atomic E-state index is 12.9. The molecule has 0 radical (unpaired) electrons. The Balaban J connectivity index is 2.10. The van der Waals surface area contributed by atoms with Crippen LogP contribution in [0.2, 0.25) is 10.0 Å². The zero-order valence-electron chi connectivity index (χ0n) is 17.4. The lowest BCUT2D eigenvalue weighted by atomic mass is 10.1. The van der Waals surface area contributed by atoms with Crippen LogP contribution in [0.25, 0.3) is 0 Å². The average molecular weight is 454 g/mol. The van der Waals surface area contributed by atoms with E-state index in [1.165, 1.54) is 7.11 Å².